The smallest absolute Gasteiger partial charge is 0.166 e. The molecular formula is C10H19NO2. The zero-order valence-electron chi connectivity index (χ0n) is 8.56. The fourth-order valence-electron chi connectivity index (χ4n) is 1.92. The summed E-state index contributed by atoms with van der Waals surface area (Å²) in [6.45, 7) is 7.88. The van der Waals surface area contributed by atoms with E-state index < -0.39 is 0 Å². The van der Waals surface area contributed by atoms with E-state index in [0.717, 1.165) is 26.4 Å². The molecule has 2 aliphatic rings. The molecule has 3 heteroatoms. The average molecular weight is 185 g/mol. The Morgan fingerprint density at radius 2 is 1.85 bits per heavy atom. The third-order valence-corrected chi connectivity index (χ3v) is 3.61. The largest absolute Gasteiger partial charge is 0.372 e. The Hall–Kier alpha value is -0.120. The zero-order chi connectivity index (χ0) is 9.36. The number of nitrogens with one attached hydrogen (secondary N) is 1. The molecule has 0 atom stereocenters. The molecule has 13 heavy (non-hydrogen) atoms. The summed E-state index contributed by atoms with van der Waals surface area (Å²) in [5, 5.41) is 3.48. The maximum Gasteiger partial charge on any atom is 0.166 e. The molecule has 0 aliphatic carbocycles. The number of hydrogen-bond acceptors (Lipinski definition) is 3. The minimum absolute atomic E-state index is 0.117. The quantitative estimate of drug-likeness (QED) is 0.699. The third-order valence-electron chi connectivity index (χ3n) is 3.61. The Morgan fingerprint density at radius 1 is 1.15 bits per heavy atom. The second kappa shape index (κ2) is 3.23. The lowest BCUT2D eigenvalue weighted by molar-refractivity contribution is -0.261. The van der Waals surface area contributed by atoms with Crippen LogP contribution in [0.5, 0.6) is 0 Å². The lowest BCUT2D eigenvalue weighted by atomic mass is 9.81. The van der Waals surface area contributed by atoms with E-state index in [0.29, 0.717) is 5.41 Å². The van der Waals surface area contributed by atoms with Crippen LogP contribution in [-0.4, -0.2) is 32.1 Å². The number of ether oxygens (including phenoxy) is 2. The monoisotopic (exact) mass is 185 g/mol. The Balaban J connectivity index is 1.94. The van der Waals surface area contributed by atoms with Crippen molar-refractivity contribution in [2.24, 2.45) is 5.41 Å². The number of hydrogen-bond donors (Lipinski definition) is 1. The van der Waals surface area contributed by atoms with E-state index in [4.69, 9.17) is 9.47 Å². The molecule has 1 spiro atoms. The summed E-state index contributed by atoms with van der Waals surface area (Å²) >= 11 is 0. The summed E-state index contributed by atoms with van der Waals surface area (Å²) in [4.78, 5) is 0. The van der Waals surface area contributed by atoms with Crippen LogP contribution in [0.25, 0.3) is 0 Å². The molecule has 2 heterocycles. The Morgan fingerprint density at radius 3 is 2.15 bits per heavy atom. The van der Waals surface area contributed by atoms with Gasteiger partial charge in [-0.3, -0.25) is 5.32 Å². The van der Waals surface area contributed by atoms with Gasteiger partial charge in [0.2, 0.25) is 0 Å². The van der Waals surface area contributed by atoms with E-state index in [1.54, 1.807) is 0 Å². The lowest BCUT2D eigenvalue weighted by Crippen LogP contribution is -2.68. The van der Waals surface area contributed by atoms with Gasteiger partial charge in [-0.05, 0) is 12.8 Å². The predicted molar refractivity (Wildman–Crippen MR) is 50.5 cm³/mol. The van der Waals surface area contributed by atoms with Gasteiger partial charge in [-0.25, -0.2) is 0 Å². The Kier molecular flexibility index (Phi) is 2.34. The highest BCUT2D eigenvalue weighted by Crippen LogP contribution is 2.34. The summed E-state index contributed by atoms with van der Waals surface area (Å²) in [6, 6.07) is 0. The summed E-state index contributed by atoms with van der Waals surface area (Å²) in [5.41, 5.74) is 0.245. The molecule has 0 saturated carbocycles. The molecule has 2 rings (SSSR count). The van der Waals surface area contributed by atoms with E-state index in [9.17, 15) is 0 Å². The van der Waals surface area contributed by atoms with Crippen molar-refractivity contribution in [2.45, 2.75) is 32.4 Å². The summed E-state index contributed by atoms with van der Waals surface area (Å²) in [6.07, 6.45) is 2.38. The van der Waals surface area contributed by atoms with E-state index in [-0.39, 0.29) is 5.72 Å². The Bertz CT molecular complexity index is 173. The van der Waals surface area contributed by atoms with E-state index in [1.165, 1.54) is 12.8 Å². The van der Waals surface area contributed by atoms with Gasteiger partial charge < -0.3 is 9.47 Å². The van der Waals surface area contributed by atoms with E-state index in [2.05, 4.69) is 19.2 Å². The Labute approximate surface area is 79.8 Å². The minimum atomic E-state index is -0.117. The molecule has 1 N–H and O–H groups in total. The van der Waals surface area contributed by atoms with Crippen LogP contribution in [-0.2, 0) is 9.47 Å². The molecule has 76 valence electrons. The van der Waals surface area contributed by atoms with Crippen molar-refractivity contribution >= 4 is 0 Å². The maximum absolute atomic E-state index is 5.86. The summed E-state index contributed by atoms with van der Waals surface area (Å²) in [7, 11) is 0. The van der Waals surface area contributed by atoms with Gasteiger partial charge in [-0.2, -0.15) is 0 Å². The molecule has 0 radical (unpaired) electrons. The molecule has 0 amide bonds. The standard InChI is InChI=1S/C10H19NO2/c1-3-9(4-2)5-11-10(13-6-9)7-12-8-10/h11H,3-8H2,1-2H3. The summed E-state index contributed by atoms with van der Waals surface area (Å²) in [5.74, 6) is 0. The highest BCUT2D eigenvalue weighted by molar-refractivity contribution is 4.94. The fourth-order valence-corrected chi connectivity index (χ4v) is 1.92. The zero-order valence-corrected chi connectivity index (χ0v) is 8.56. The van der Waals surface area contributed by atoms with Gasteiger partial charge in [-0.15, -0.1) is 0 Å². The van der Waals surface area contributed by atoms with Gasteiger partial charge in [0.05, 0.1) is 19.8 Å². The van der Waals surface area contributed by atoms with Crippen LogP contribution in [0.1, 0.15) is 26.7 Å². The molecule has 2 saturated heterocycles. The van der Waals surface area contributed by atoms with Crippen molar-refractivity contribution in [1.29, 1.82) is 0 Å². The van der Waals surface area contributed by atoms with E-state index in [1.807, 2.05) is 0 Å². The van der Waals surface area contributed by atoms with Gasteiger partial charge in [0.15, 0.2) is 5.72 Å². The van der Waals surface area contributed by atoms with Crippen LogP contribution in [0.2, 0.25) is 0 Å². The third kappa shape index (κ3) is 1.49. The first-order valence-corrected chi connectivity index (χ1v) is 5.21. The van der Waals surface area contributed by atoms with Gasteiger partial charge in [0.25, 0.3) is 0 Å². The van der Waals surface area contributed by atoms with E-state index >= 15 is 0 Å². The van der Waals surface area contributed by atoms with Crippen molar-refractivity contribution < 1.29 is 9.47 Å². The second-order valence-electron chi connectivity index (χ2n) is 4.34. The molecule has 0 unspecified atom stereocenters. The van der Waals surface area contributed by atoms with Crippen LogP contribution in [0.4, 0.5) is 0 Å². The molecule has 0 aromatic heterocycles. The summed E-state index contributed by atoms with van der Waals surface area (Å²) < 4.78 is 11.0. The highest BCUT2D eigenvalue weighted by atomic mass is 16.6. The molecular weight excluding hydrogens is 166 g/mol. The van der Waals surface area contributed by atoms with Crippen LogP contribution >= 0.6 is 0 Å². The topological polar surface area (TPSA) is 30.5 Å². The van der Waals surface area contributed by atoms with Gasteiger partial charge in [0.1, 0.15) is 0 Å². The fraction of sp³-hybridized carbons (Fsp3) is 1.00. The van der Waals surface area contributed by atoms with Crippen LogP contribution in [0.15, 0.2) is 0 Å². The first-order chi connectivity index (χ1) is 6.24. The first kappa shape index (κ1) is 9.44. The maximum atomic E-state index is 5.86. The van der Waals surface area contributed by atoms with Gasteiger partial charge in [0, 0.05) is 12.0 Å². The van der Waals surface area contributed by atoms with Gasteiger partial charge in [-0.1, -0.05) is 13.8 Å². The van der Waals surface area contributed by atoms with Crippen molar-refractivity contribution in [1.82, 2.24) is 5.32 Å². The minimum Gasteiger partial charge on any atom is -0.372 e. The van der Waals surface area contributed by atoms with Crippen LogP contribution in [0, 0.1) is 5.41 Å². The predicted octanol–water partition coefficient (Wildman–Crippen LogP) is 1.14. The molecule has 2 aliphatic heterocycles. The normalized spacial score (nSPS) is 30.0. The van der Waals surface area contributed by atoms with Gasteiger partial charge >= 0.3 is 0 Å². The first-order valence-electron chi connectivity index (χ1n) is 5.21. The molecule has 3 nitrogen and oxygen atoms in total. The van der Waals surface area contributed by atoms with Crippen LogP contribution < -0.4 is 5.32 Å². The number of rotatable bonds is 2. The average Bonchev–Trinajstić information content (AvgIpc) is 2.16. The molecule has 0 aromatic carbocycles. The highest BCUT2D eigenvalue weighted by Gasteiger charge is 2.46. The lowest BCUT2D eigenvalue weighted by Gasteiger charge is -2.50. The molecule has 0 bridgehead atoms. The van der Waals surface area contributed by atoms with Crippen molar-refractivity contribution in [3.8, 4) is 0 Å². The van der Waals surface area contributed by atoms with Crippen molar-refractivity contribution in [2.75, 3.05) is 26.4 Å². The molecule has 2 fully saturated rings. The van der Waals surface area contributed by atoms with Crippen LogP contribution in [0.3, 0.4) is 0 Å². The SMILES string of the molecule is CCC1(CC)CNC2(COC2)OC1. The molecule has 0 aromatic rings. The van der Waals surface area contributed by atoms with Crippen molar-refractivity contribution in [3.05, 3.63) is 0 Å². The second-order valence-corrected chi connectivity index (χ2v) is 4.34. The van der Waals surface area contributed by atoms with Crippen molar-refractivity contribution in [3.63, 3.8) is 0 Å².